The maximum absolute atomic E-state index is 13.4. The average molecular weight is 519 g/mol. The Morgan fingerprint density at radius 1 is 1.32 bits per heavy atom. The fraction of sp³-hybridized carbons (Fsp3) is 0.450. The van der Waals surface area contributed by atoms with Gasteiger partial charge in [0, 0.05) is 13.5 Å². The monoisotopic (exact) mass is 518 g/mol. The molecule has 2 aliphatic rings. The van der Waals surface area contributed by atoms with Gasteiger partial charge in [-0.05, 0) is 37.1 Å². The quantitative estimate of drug-likeness (QED) is 0.607. The fourth-order valence-electron chi connectivity index (χ4n) is 3.73. The molecule has 2 N–H and O–H groups in total. The number of amides is 2. The van der Waals surface area contributed by atoms with Gasteiger partial charge in [0.2, 0.25) is 15.9 Å². The van der Waals surface area contributed by atoms with Gasteiger partial charge in [0.1, 0.15) is 6.04 Å². The molecule has 9 nitrogen and oxygen atoms in total. The summed E-state index contributed by atoms with van der Waals surface area (Å²) in [4.78, 5) is 29.4. The van der Waals surface area contributed by atoms with Gasteiger partial charge in [0.15, 0.2) is 5.13 Å². The van der Waals surface area contributed by atoms with Gasteiger partial charge >= 0.3 is 6.18 Å². The Bertz CT molecular complexity index is 1270. The highest BCUT2D eigenvalue weighted by Crippen LogP contribution is 2.40. The van der Waals surface area contributed by atoms with Crippen LogP contribution in [0.2, 0.25) is 0 Å². The Morgan fingerprint density at radius 2 is 2.00 bits per heavy atom. The second-order valence-electron chi connectivity index (χ2n) is 8.13. The van der Waals surface area contributed by atoms with Crippen LogP contribution in [-0.2, 0) is 26.1 Å². The van der Waals surface area contributed by atoms with E-state index >= 15 is 0 Å². The van der Waals surface area contributed by atoms with Crippen molar-refractivity contribution in [3.8, 4) is 10.4 Å². The highest BCUT2D eigenvalue weighted by Gasteiger charge is 2.47. The van der Waals surface area contributed by atoms with Gasteiger partial charge in [0.25, 0.3) is 5.91 Å². The lowest BCUT2D eigenvalue weighted by atomic mass is 10.0. The number of carbonyl (C=O) groups is 2. The summed E-state index contributed by atoms with van der Waals surface area (Å²) in [6, 6.07) is 0.163. The first-order chi connectivity index (χ1) is 15.8. The van der Waals surface area contributed by atoms with Gasteiger partial charge in [-0.2, -0.15) is 13.2 Å². The Morgan fingerprint density at radius 3 is 2.56 bits per heavy atom. The van der Waals surface area contributed by atoms with E-state index in [-0.39, 0.29) is 35.4 Å². The minimum Gasteiger partial charge on any atom is -0.378 e. The first-order valence-electron chi connectivity index (χ1n) is 10.2. The van der Waals surface area contributed by atoms with Crippen molar-refractivity contribution in [2.45, 2.75) is 50.5 Å². The number of ether oxygens (including phenoxy) is 1. The van der Waals surface area contributed by atoms with Gasteiger partial charge in [-0.1, -0.05) is 11.3 Å². The molecular weight excluding hydrogens is 497 g/mol. The number of nitrogens with zero attached hydrogens (tertiary/aromatic N) is 2. The number of benzene rings is 1. The van der Waals surface area contributed by atoms with Crippen LogP contribution in [0.4, 0.5) is 18.3 Å². The predicted octanol–water partition coefficient (Wildman–Crippen LogP) is 2.66. The van der Waals surface area contributed by atoms with Crippen LogP contribution in [-0.4, -0.2) is 61.6 Å². The number of nitrogens with one attached hydrogen (secondary N) is 2. The lowest BCUT2D eigenvalue weighted by Gasteiger charge is -2.27. The van der Waals surface area contributed by atoms with Crippen molar-refractivity contribution >= 4 is 38.3 Å². The summed E-state index contributed by atoms with van der Waals surface area (Å²) in [5, 5.41) is 2.85. The van der Waals surface area contributed by atoms with E-state index < -0.39 is 45.6 Å². The van der Waals surface area contributed by atoms with Crippen LogP contribution in [0.3, 0.4) is 0 Å². The maximum atomic E-state index is 13.4. The van der Waals surface area contributed by atoms with Crippen molar-refractivity contribution in [1.29, 1.82) is 0 Å². The number of sulfonamides is 1. The smallest absolute Gasteiger partial charge is 0.378 e. The lowest BCUT2D eigenvalue weighted by Crippen LogP contribution is -2.48. The second-order valence-corrected chi connectivity index (χ2v) is 10.8. The Balaban J connectivity index is 1.84. The molecule has 2 amide bonds. The number of carbonyl (C=O) groups excluding carboxylic acids is 2. The Kier molecular flexibility index (Phi) is 6.21. The number of aromatic nitrogens is 1. The minimum atomic E-state index is -4.68. The summed E-state index contributed by atoms with van der Waals surface area (Å²) < 4.78 is 74.0. The minimum absolute atomic E-state index is 0.153. The lowest BCUT2D eigenvalue weighted by molar-refractivity contribution is -0.172. The largest absolute Gasteiger partial charge is 0.408 e. The second kappa shape index (κ2) is 8.59. The third-order valence-corrected chi connectivity index (χ3v) is 8.20. The maximum Gasteiger partial charge on any atom is 0.408 e. The molecule has 34 heavy (non-hydrogen) atoms. The van der Waals surface area contributed by atoms with E-state index in [0.29, 0.717) is 21.0 Å². The normalized spacial score (nSPS) is 17.5. The zero-order valence-electron chi connectivity index (χ0n) is 18.3. The number of halogens is 3. The van der Waals surface area contributed by atoms with Crippen molar-refractivity contribution in [1.82, 2.24) is 14.6 Å². The van der Waals surface area contributed by atoms with Gasteiger partial charge in [-0.3, -0.25) is 9.59 Å². The van der Waals surface area contributed by atoms with Gasteiger partial charge < -0.3 is 15.0 Å². The number of hydrogen-bond acceptors (Lipinski definition) is 7. The molecular formula is C20H21F3N4O5S2. The van der Waals surface area contributed by atoms with E-state index in [2.05, 4.69) is 15.0 Å². The molecule has 14 heteroatoms. The molecule has 0 unspecified atom stereocenters. The molecule has 4 rings (SSSR count). The molecule has 0 radical (unpaired) electrons. The van der Waals surface area contributed by atoms with E-state index in [4.69, 9.17) is 4.74 Å². The highest BCUT2D eigenvalue weighted by atomic mass is 32.2. The standard InChI is InChI=1S/C20H21F3N4O5S2/c1-9-17(33-19(24-9)25-11(3)28)12-4-13-6-27(10(2)20(21,22)23)18(29)16(13)15(5-12)34(30,31)26-14-7-32-8-14/h4-5,10,14,26H,6-8H2,1-3H3,(H,24,25,28)/t10-/m0/s1. The molecule has 1 aromatic heterocycles. The van der Waals surface area contributed by atoms with Gasteiger partial charge in [0.05, 0.1) is 40.3 Å². The van der Waals surface area contributed by atoms with Crippen molar-refractivity contribution in [3.63, 3.8) is 0 Å². The molecule has 1 atom stereocenters. The van der Waals surface area contributed by atoms with Crippen molar-refractivity contribution in [2.75, 3.05) is 18.5 Å². The molecule has 1 fully saturated rings. The first kappa shape index (κ1) is 24.6. The van der Waals surface area contributed by atoms with Crippen molar-refractivity contribution in [2.24, 2.45) is 0 Å². The van der Waals surface area contributed by atoms with Crippen LogP contribution in [0.5, 0.6) is 0 Å². The molecule has 0 saturated carbocycles. The van der Waals surface area contributed by atoms with Crippen LogP contribution in [0.1, 0.15) is 35.5 Å². The van der Waals surface area contributed by atoms with Crippen LogP contribution in [0.15, 0.2) is 17.0 Å². The average Bonchev–Trinajstić information content (AvgIpc) is 3.21. The summed E-state index contributed by atoms with van der Waals surface area (Å²) >= 11 is 1.09. The first-order valence-corrected chi connectivity index (χ1v) is 12.5. The number of anilines is 1. The van der Waals surface area contributed by atoms with Crippen LogP contribution >= 0.6 is 11.3 Å². The highest BCUT2D eigenvalue weighted by molar-refractivity contribution is 7.89. The number of aryl methyl sites for hydroxylation is 1. The number of alkyl halides is 3. The van der Waals surface area contributed by atoms with Crippen LogP contribution < -0.4 is 10.0 Å². The summed E-state index contributed by atoms with van der Waals surface area (Å²) in [7, 11) is -4.26. The Hall–Kier alpha value is -2.55. The van der Waals surface area contributed by atoms with E-state index in [1.807, 2.05) is 0 Å². The molecule has 0 bridgehead atoms. The molecule has 184 valence electrons. The van der Waals surface area contributed by atoms with Crippen molar-refractivity contribution in [3.05, 3.63) is 29.0 Å². The third kappa shape index (κ3) is 4.54. The van der Waals surface area contributed by atoms with E-state index in [0.717, 1.165) is 18.3 Å². The number of hydrogen-bond donors (Lipinski definition) is 2. The Labute approximate surface area is 197 Å². The number of rotatable bonds is 6. The van der Waals surface area contributed by atoms with Crippen molar-refractivity contribution < 1.29 is 35.9 Å². The molecule has 0 spiro atoms. The van der Waals surface area contributed by atoms with Crippen LogP contribution in [0, 0.1) is 6.92 Å². The molecule has 2 aromatic rings. The van der Waals surface area contributed by atoms with E-state index in [1.165, 1.54) is 19.1 Å². The number of fused-ring (bicyclic) bond motifs is 1. The van der Waals surface area contributed by atoms with Crippen LogP contribution in [0.25, 0.3) is 10.4 Å². The number of thiazole rings is 1. The molecule has 1 aromatic carbocycles. The van der Waals surface area contributed by atoms with Gasteiger partial charge in [-0.15, -0.1) is 0 Å². The summed E-state index contributed by atoms with van der Waals surface area (Å²) in [6.07, 6.45) is -4.68. The molecule has 0 aliphatic carbocycles. The van der Waals surface area contributed by atoms with E-state index in [1.54, 1.807) is 6.92 Å². The van der Waals surface area contributed by atoms with Gasteiger partial charge in [-0.25, -0.2) is 18.1 Å². The molecule has 3 heterocycles. The fourth-order valence-corrected chi connectivity index (χ4v) is 6.20. The van der Waals surface area contributed by atoms with E-state index in [9.17, 15) is 31.2 Å². The SMILES string of the molecule is CC(=O)Nc1nc(C)c(-c2cc3c(c(S(=O)(=O)NC4COC4)c2)C(=O)N([C@@H](C)C(F)(F)F)C3)s1. The topological polar surface area (TPSA) is 118 Å². The third-order valence-electron chi connectivity index (χ3n) is 5.53. The zero-order valence-corrected chi connectivity index (χ0v) is 19.9. The summed E-state index contributed by atoms with van der Waals surface area (Å²) in [5.74, 6) is -1.34. The summed E-state index contributed by atoms with van der Waals surface area (Å²) in [5.41, 5.74) is 0.738. The zero-order chi connectivity index (χ0) is 25.0. The predicted molar refractivity (Wildman–Crippen MR) is 117 cm³/mol. The summed E-state index contributed by atoms with van der Waals surface area (Å²) in [6.45, 7) is 3.74. The molecule has 1 saturated heterocycles. The molecule has 2 aliphatic heterocycles.